The maximum Gasteiger partial charge on any atom is 0.311 e. The number of β-amino-alcohol motifs (C(OH)–C–C–N with tert-alkyl or cyclic N) is 1. The standard InChI is InChI=1S/C29H39NO5/c1-7-29(6,22-10-8-9-21-23-24(27(32)33)26(23)35-25(21)22)34-16-20(31)15-30-28(4,5)14-19-12-11-17(2)18(3)13-19/h8-13,20,23-24,26,30-31H,7,14-16H2,1-6H3,(H,32,33). The second kappa shape index (κ2) is 9.57. The highest BCUT2D eigenvalue weighted by Crippen LogP contribution is 2.60. The van der Waals surface area contributed by atoms with Crippen molar-refractivity contribution in [2.75, 3.05) is 13.2 Å². The van der Waals surface area contributed by atoms with Crippen molar-refractivity contribution in [2.45, 2.75) is 83.6 Å². The number of aliphatic hydroxyl groups is 1. The van der Waals surface area contributed by atoms with Crippen LogP contribution in [0, 0.1) is 19.8 Å². The quantitative estimate of drug-likeness (QED) is 0.439. The Morgan fingerprint density at radius 2 is 1.91 bits per heavy atom. The van der Waals surface area contributed by atoms with Gasteiger partial charge in [0.15, 0.2) is 0 Å². The van der Waals surface area contributed by atoms with Gasteiger partial charge in [-0.15, -0.1) is 0 Å². The van der Waals surface area contributed by atoms with E-state index >= 15 is 0 Å². The van der Waals surface area contributed by atoms with Crippen molar-refractivity contribution < 1.29 is 24.5 Å². The van der Waals surface area contributed by atoms with Gasteiger partial charge in [-0.3, -0.25) is 4.79 Å². The maximum absolute atomic E-state index is 11.4. The molecule has 0 bridgehead atoms. The summed E-state index contributed by atoms with van der Waals surface area (Å²) >= 11 is 0. The number of aryl methyl sites for hydroxylation is 2. The Morgan fingerprint density at radius 1 is 1.17 bits per heavy atom. The summed E-state index contributed by atoms with van der Waals surface area (Å²) in [5.41, 5.74) is 4.92. The molecular weight excluding hydrogens is 442 g/mol. The lowest BCUT2D eigenvalue weighted by atomic mass is 9.89. The second-order valence-corrected chi connectivity index (χ2v) is 11.1. The molecule has 1 fully saturated rings. The molecule has 2 aromatic carbocycles. The van der Waals surface area contributed by atoms with Gasteiger partial charge in [-0.25, -0.2) is 0 Å². The lowest BCUT2D eigenvalue weighted by molar-refractivity contribution is -0.139. The van der Waals surface area contributed by atoms with Gasteiger partial charge in [0.25, 0.3) is 0 Å². The third-order valence-electron chi connectivity index (χ3n) is 7.77. The number of rotatable bonds is 11. The summed E-state index contributed by atoms with van der Waals surface area (Å²) in [6.45, 7) is 13.2. The average molecular weight is 482 g/mol. The minimum Gasteiger partial charge on any atom is -0.488 e. The Bertz CT molecular complexity index is 1100. The number of aliphatic carboxylic acids is 1. The Balaban J connectivity index is 1.35. The third-order valence-corrected chi connectivity index (χ3v) is 7.77. The van der Waals surface area contributed by atoms with Crippen LogP contribution in [0.25, 0.3) is 0 Å². The summed E-state index contributed by atoms with van der Waals surface area (Å²) in [5.74, 6) is -0.572. The van der Waals surface area contributed by atoms with Crippen molar-refractivity contribution in [1.82, 2.24) is 5.32 Å². The first-order chi connectivity index (χ1) is 16.5. The van der Waals surface area contributed by atoms with Crippen LogP contribution >= 0.6 is 0 Å². The molecule has 1 aliphatic heterocycles. The Labute approximate surface area is 208 Å². The minimum atomic E-state index is -0.804. The van der Waals surface area contributed by atoms with E-state index < -0.39 is 23.6 Å². The summed E-state index contributed by atoms with van der Waals surface area (Å²) in [6.07, 6.45) is 0.617. The molecule has 5 unspecified atom stereocenters. The summed E-state index contributed by atoms with van der Waals surface area (Å²) < 4.78 is 12.4. The molecule has 2 aromatic rings. The molecular formula is C29H39NO5. The molecule has 6 heteroatoms. The van der Waals surface area contributed by atoms with Gasteiger partial charge in [-0.05, 0) is 64.2 Å². The molecule has 5 atom stereocenters. The highest BCUT2D eigenvalue weighted by molar-refractivity contribution is 5.79. The number of ether oxygens (including phenoxy) is 2. The van der Waals surface area contributed by atoms with Crippen LogP contribution in [0.1, 0.15) is 67.9 Å². The zero-order valence-electron chi connectivity index (χ0n) is 21.7. The van der Waals surface area contributed by atoms with E-state index in [1.54, 1.807) is 0 Å². The average Bonchev–Trinajstić information content (AvgIpc) is 3.40. The molecule has 3 N–H and O–H groups in total. The first-order valence-electron chi connectivity index (χ1n) is 12.6. The number of aliphatic hydroxyl groups excluding tert-OH is 1. The Morgan fingerprint density at radius 3 is 2.57 bits per heavy atom. The zero-order chi connectivity index (χ0) is 25.5. The smallest absolute Gasteiger partial charge is 0.311 e. The Kier molecular flexibility index (Phi) is 7.02. The van der Waals surface area contributed by atoms with Crippen LogP contribution in [-0.4, -0.2) is 47.1 Å². The van der Waals surface area contributed by atoms with Crippen molar-refractivity contribution in [3.8, 4) is 5.75 Å². The summed E-state index contributed by atoms with van der Waals surface area (Å²) in [7, 11) is 0. The summed E-state index contributed by atoms with van der Waals surface area (Å²) in [6, 6.07) is 12.4. The molecule has 1 heterocycles. The first-order valence-corrected chi connectivity index (χ1v) is 12.6. The van der Waals surface area contributed by atoms with Crippen LogP contribution in [0.3, 0.4) is 0 Å². The number of carbonyl (C=O) groups is 1. The van der Waals surface area contributed by atoms with E-state index in [0.717, 1.165) is 23.3 Å². The number of carboxylic acid groups (broad SMARTS) is 1. The van der Waals surface area contributed by atoms with E-state index in [4.69, 9.17) is 9.47 Å². The highest BCUT2D eigenvalue weighted by Gasteiger charge is 2.63. The number of fused-ring (bicyclic) bond motifs is 3. The van der Waals surface area contributed by atoms with Gasteiger partial charge in [-0.1, -0.05) is 43.3 Å². The largest absolute Gasteiger partial charge is 0.488 e. The topological polar surface area (TPSA) is 88.0 Å². The number of hydrogen-bond acceptors (Lipinski definition) is 5. The van der Waals surface area contributed by atoms with Crippen LogP contribution in [-0.2, 0) is 21.6 Å². The molecule has 6 nitrogen and oxygen atoms in total. The molecule has 1 aliphatic carbocycles. The number of hydrogen-bond donors (Lipinski definition) is 3. The third kappa shape index (κ3) is 5.25. The molecule has 0 amide bonds. The van der Waals surface area contributed by atoms with E-state index in [0.29, 0.717) is 13.0 Å². The van der Waals surface area contributed by atoms with Gasteiger partial charge in [0, 0.05) is 29.1 Å². The van der Waals surface area contributed by atoms with E-state index in [1.807, 2.05) is 32.0 Å². The minimum absolute atomic E-state index is 0.0714. The molecule has 0 spiro atoms. The molecule has 2 aliphatic rings. The van der Waals surface area contributed by atoms with E-state index in [1.165, 1.54) is 16.7 Å². The SMILES string of the molecule is CCC(C)(OCC(O)CNC(C)(C)Cc1ccc(C)c(C)c1)c1cccc2c1OC1C(C(=O)O)C21. The number of benzene rings is 2. The molecule has 35 heavy (non-hydrogen) atoms. The molecule has 4 rings (SSSR count). The maximum atomic E-state index is 11.4. The van der Waals surface area contributed by atoms with Crippen LogP contribution in [0.5, 0.6) is 5.75 Å². The predicted molar refractivity (Wildman–Crippen MR) is 136 cm³/mol. The Hall–Kier alpha value is -2.41. The van der Waals surface area contributed by atoms with Gasteiger partial charge in [0.05, 0.1) is 18.3 Å². The fraction of sp³-hybridized carbons (Fsp3) is 0.552. The van der Waals surface area contributed by atoms with Gasteiger partial charge < -0.3 is 25.0 Å². The van der Waals surface area contributed by atoms with Crippen LogP contribution < -0.4 is 10.1 Å². The van der Waals surface area contributed by atoms with E-state index in [-0.39, 0.29) is 24.2 Å². The molecule has 0 saturated heterocycles. The van der Waals surface area contributed by atoms with Crippen molar-refractivity contribution in [1.29, 1.82) is 0 Å². The molecule has 0 radical (unpaired) electrons. The van der Waals surface area contributed by atoms with Gasteiger partial charge in [0.1, 0.15) is 17.8 Å². The van der Waals surface area contributed by atoms with Crippen LogP contribution in [0.4, 0.5) is 0 Å². The second-order valence-electron chi connectivity index (χ2n) is 11.1. The summed E-state index contributed by atoms with van der Waals surface area (Å²) in [5, 5.41) is 23.6. The first kappa shape index (κ1) is 25.7. The van der Waals surface area contributed by atoms with Gasteiger partial charge >= 0.3 is 5.97 Å². The predicted octanol–water partition coefficient (Wildman–Crippen LogP) is 4.48. The van der Waals surface area contributed by atoms with Gasteiger partial charge in [-0.2, -0.15) is 0 Å². The number of para-hydroxylation sites is 1. The van der Waals surface area contributed by atoms with Crippen molar-refractivity contribution >= 4 is 5.97 Å². The van der Waals surface area contributed by atoms with Gasteiger partial charge in [0.2, 0.25) is 0 Å². The van der Waals surface area contributed by atoms with Crippen LogP contribution in [0.15, 0.2) is 36.4 Å². The molecule has 190 valence electrons. The van der Waals surface area contributed by atoms with Crippen molar-refractivity contribution in [3.63, 3.8) is 0 Å². The van der Waals surface area contributed by atoms with Crippen LogP contribution in [0.2, 0.25) is 0 Å². The fourth-order valence-corrected chi connectivity index (χ4v) is 5.19. The van der Waals surface area contributed by atoms with Crippen molar-refractivity contribution in [3.05, 3.63) is 64.2 Å². The summed E-state index contributed by atoms with van der Waals surface area (Å²) in [4.78, 5) is 11.4. The molecule has 1 saturated carbocycles. The van der Waals surface area contributed by atoms with Crippen molar-refractivity contribution in [2.24, 2.45) is 5.92 Å². The van der Waals surface area contributed by atoms with E-state index in [2.05, 4.69) is 51.2 Å². The highest BCUT2D eigenvalue weighted by atomic mass is 16.5. The number of nitrogens with one attached hydrogen (secondary N) is 1. The molecule has 0 aromatic heterocycles. The number of carboxylic acids is 1. The van der Waals surface area contributed by atoms with E-state index in [9.17, 15) is 15.0 Å². The lowest BCUT2D eigenvalue weighted by Crippen LogP contribution is -2.46. The lowest BCUT2D eigenvalue weighted by Gasteiger charge is -2.33. The fourth-order valence-electron chi connectivity index (χ4n) is 5.19. The normalized spacial score (nSPS) is 23.1. The monoisotopic (exact) mass is 481 g/mol. The zero-order valence-corrected chi connectivity index (χ0v) is 21.7.